The molecule has 0 nitrogen and oxygen atoms in total. The van der Waals surface area contributed by atoms with Crippen molar-refractivity contribution in [3.63, 3.8) is 0 Å². The largest absolute Gasteiger partial charge is 0.0753 e. The summed E-state index contributed by atoms with van der Waals surface area (Å²) in [6.07, 6.45) is 9.07. The second-order valence-corrected chi connectivity index (χ2v) is 5.35. The van der Waals surface area contributed by atoms with E-state index in [4.69, 9.17) is 7.85 Å². The Morgan fingerprint density at radius 2 is 1.77 bits per heavy atom. The van der Waals surface area contributed by atoms with Crippen LogP contribution in [-0.2, 0) is 0 Å². The SMILES string of the molecule is [B]C1(C(C)(C)CCCC)CCCC1. The topological polar surface area (TPSA) is 0 Å². The van der Waals surface area contributed by atoms with Crippen molar-refractivity contribution in [1.82, 2.24) is 0 Å². The smallest absolute Gasteiger partial charge is 0.0654 e. The third-order valence-corrected chi connectivity index (χ3v) is 4.00. The molecule has 0 saturated heterocycles. The number of rotatable bonds is 4. The van der Waals surface area contributed by atoms with E-state index in [9.17, 15) is 0 Å². The van der Waals surface area contributed by atoms with Gasteiger partial charge in [-0.25, -0.2) is 0 Å². The van der Waals surface area contributed by atoms with Crippen molar-refractivity contribution in [2.75, 3.05) is 0 Å². The van der Waals surface area contributed by atoms with Crippen molar-refractivity contribution >= 4 is 7.85 Å². The lowest BCUT2D eigenvalue weighted by atomic mass is 9.51. The van der Waals surface area contributed by atoms with Gasteiger partial charge in [-0.05, 0) is 11.8 Å². The lowest BCUT2D eigenvalue weighted by Crippen LogP contribution is -2.29. The molecule has 0 heterocycles. The molecule has 13 heavy (non-hydrogen) atoms. The normalized spacial score (nSPS) is 22.1. The van der Waals surface area contributed by atoms with Crippen molar-refractivity contribution in [2.45, 2.75) is 71.0 Å². The Kier molecular flexibility index (Phi) is 3.48. The van der Waals surface area contributed by atoms with Crippen LogP contribution in [0, 0.1) is 5.41 Å². The molecule has 1 rings (SSSR count). The molecule has 1 saturated carbocycles. The van der Waals surface area contributed by atoms with Gasteiger partial charge in [0, 0.05) is 0 Å². The average molecular weight is 178 g/mol. The predicted octanol–water partition coefficient (Wildman–Crippen LogP) is 4.10. The van der Waals surface area contributed by atoms with E-state index in [1.807, 2.05) is 0 Å². The quantitative estimate of drug-likeness (QED) is 0.568. The zero-order chi connectivity index (χ0) is 9.95. The van der Waals surface area contributed by atoms with E-state index in [2.05, 4.69) is 20.8 Å². The fourth-order valence-corrected chi connectivity index (χ4v) is 2.55. The molecule has 2 radical (unpaired) electrons. The highest BCUT2D eigenvalue weighted by molar-refractivity contribution is 6.16. The average Bonchev–Trinajstić information content (AvgIpc) is 2.50. The van der Waals surface area contributed by atoms with Crippen LogP contribution < -0.4 is 0 Å². The molecule has 74 valence electrons. The van der Waals surface area contributed by atoms with Crippen LogP contribution in [0.1, 0.15) is 65.7 Å². The molecule has 0 atom stereocenters. The maximum atomic E-state index is 6.48. The Balaban J connectivity index is 2.55. The molecule has 0 aromatic carbocycles. The van der Waals surface area contributed by atoms with Crippen molar-refractivity contribution < 1.29 is 0 Å². The molecule has 0 bridgehead atoms. The Hall–Kier alpha value is 0.0649. The summed E-state index contributed by atoms with van der Waals surface area (Å²) in [5.74, 6) is 0. The van der Waals surface area contributed by atoms with Crippen LogP contribution in [0.5, 0.6) is 0 Å². The first-order valence-corrected chi connectivity index (χ1v) is 5.81. The summed E-state index contributed by atoms with van der Waals surface area (Å²) in [4.78, 5) is 0. The Morgan fingerprint density at radius 3 is 2.23 bits per heavy atom. The number of unbranched alkanes of at least 4 members (excludes halogenated alkanes) is 1. The minimum absolute atomic E-state index is 0.141. The summed E-state index contributed by atoms with van der Waals surface area (Å²) in [5, 5.41) is 0.141. The fraction of sp³-hybridized carbons (Fsp3) is 1.00. The maximum absolute atomic E-state index is 6.48. The molecule has 1 fully saturated rings. The van der Waals surface area contributed by atoms with E-state index >= 15 is 0 Å². The zero-order valence-electron chi connectivity index (χ0n) is 9.53. The van der Waals surface area contributed by atoms with E-state index in [0.29, 0.717) is 5.41 Å². The summed E-state index contributed by atoms with van der Waals surface area (Å²) < 4.78 is 0. The lowest BCUT2D eigenvalue weighted by Gasteiger charge is -2.42. The first-order chi connectivity index (χ1) is 6.02. The minimum Gasteiger partial charge on any atom is -0.0654 e. The molecular formula is C12H23B. The van der Waals surface area contributed by atoms with E-state index in [-0.39, 0.29) is 5.31 Å². The van der Waals surface area contributed by atoms with Crippen molar-refractivity contribution in [1.29, 1.82) is 0 Å². The van der Waals surface area contributed by atoms with Crippen LogP contribution in [-0.4, -0.2) is 7.85 Å². The molecular weight excluding hydrogens is 155 g/mol. The zero-order valence-corrected chi connectivity index (χ0v) is 9.53. The predicted molar refractivity (Wildman–Crippen MR) is 60.2 cm³/mol. The van der Waals surface area contributed by atoms with Gasteiger partial charge in [0.2, 0.25) is 0 Å². The molecule has 0 spiro atoms. The summed E-state index contributed by atoms with van der Waals surface area (Å²) in [6.45, 7) is 6.97. The van der Waals surface area contributed by atoms with Gasteiger partial charge in [0.05, 0.1) is 7.85 Å². The maximum Gasteiger partial charge on any atom is 0.0753 e. The van der Waals surface area contributed by atoms with Gasteiger partial charge in [0.15, 0.2) is 0 Å². The van der Waals surface area contributed by atoms with Crippen molar-refractivity contribution in [3.8, 4) is 0 Å². The van der Waals surface area contributed by atoms with Gasteiger partial charge >= 0.3 is 0 Å². The summed E-state index contributed by atoms with van der Waals surface area (Å²) in [7, 11) is 6.48. The van der Waals surface area contributed by atoms with Crippen LogP contribution in [0.15, 0.2) is 0 Å². The van der Waals surface area contributed by atoms with Crippen LogP contribution in [0.3, 0.4) is 0 Å². The first kappa shape index (κ1) is 11.1. The monoisotopic (exact) mass is 178 g/mol. The second-order valence-electron chi connectivity index (χ2n) is 5.35. The standard InChI is InChI=1S/C12H23B/c1-4-5-8-11(2,3)12(13)9-6-7-10-12/h4-10H2,1-3H3. The van der Waals surface area contributed by atoms with Crippen molar-refractivity contribution in [2.24, 2.45) is 5.41 Å². The van der Waals surface area contributed by atoms with Gasteiger partial charge in [-0.15, -0.1) is 0 Å². The van der Waals surface area contributed by atoms with E-state index in [1.165, 1.54) is 44.9 Å². The Morgan fingerprint density at radius 1 is 1.23 bits per heavy atom. The highest BCUT2D eigenvalue weighted by Crippen LogP contribution is 2.56. The van der Waals surface area contributed by atoms with Gasteiger partial charge in [-0.1, -0.05) is 64.6 Å². The third kappa shape index (κ3) is 2.30. The van der Waals surface area contributed by atoms with Crippen LogP contribution in [0.2, 0.25) is 5.31 Å². The van der Waals surface area contributed by atoms with E-state index in [0.717, 1.165) is 0 Å². The van der Waals surface area contributed by atoms with Crippen LogP contribution in [0.25, 0.3) is 0 Å². The molecule has 1 aliphatic rings. The lowest BCUT2D eigenvalue weighted by molar-refractivity contribution is 0.211. The number of hydrogen-bond donors (Lipinski definition) is 0. The highest BCUT2D eigenvalue weighted by atomic mass is 14.4. The van der Waals surface area contributed by atoms with E-state index in [1.54, 1.807) is 0 Å². The minimum atomic E-state index is 0.141. The Labute approximate surface area is 84.9 Å². The van der Waals surface area contributed by atoms with Gasteiger partial charge in [0.25, 0.3) is 0 Å². The fourth-order valence-electron chi connectivity index (χ4n) is 2.55. The van der Waals surface area contributed by atoms with E-state index < -0.39 is 0 Å². The van der Waals surface area contributed by atoms with Gasteiger partial charge in [-0.3, -0.25) is 0 Å². The van der Waals surface area contributed by atoms with Crippen LogP contribution in [0.4, 0.5) is 0 Å². The molecule has 1 aliphatic carbocycles. The van der Waals surface area contributed by atoms with Gasteiger partial charge < -0.3 is 0 Å². The first-order valence-electron chi connectivity index (χ1n) is 5.81. The Bertz CT molecular complexity index is 155. The molecule has 0 aromatic heterocycles. The summed E-state index contributed by atoms with van der Waals surface area (Å²) >= 11 is 0. The number of hydrogen-bond acceptors (Lipinski definition) is 0. The molecule has 0 amide bonds. The second kappa shape index (κ2) is 4.06. The van der Waals surface area contributed by atoms with Gasteiger partial charge in [-0.2, -0.15) is 0 Å². The van der Waals surface area contributed by atoms with Crippen LogP contribution >= 0.6 is 0 Å². The molecule has 1 heteroatoms. The summed E-state index contributed by atoms with van der Waals surface area (Å²) in [6, 6.07) is 0. The molecule has 0 N–H and O–H groups in total. The molecule has 0 unspecified atom stereocenters. The summed E-state index contributed by atoms with van der Waals surface area (Å²) in [5.41, 5.74) is 0.347. The molecule has 0 aromatic rings. The van der Waals surface area contributed by atoms with Gasteiger partial charge in [0.1, 0.15) is 0 Å². The highest BCUT2D eigenvalue weighted by Gasteiger charge is 2.41. The van der Waals surface area contributed by atoms with Crippen molar-refractivity contribution in [3.05, 3.63) is 0 Å². The third-order valence-electron chi connectivity index (χ3n) is 4.00. The molecule has 0 aliphatic heterocycles.